The van der Waals surface area contributed by atoms with Gasteiger partial charge in [0.15, 0.2) is 0 Å². The Morgan fingerprint density at radius 2 is 2.04 bits per heavy atom. The molecule has 0 spiro atoms. The van der Waals surface area contributed by atoms with Gasteiger partial charge in [-0.15, -0.1) is 0 Å². The number of sulfonamides is 1. The second kappa shape index (κ2) is 5.76. The molecule has 0 radical (unpaired) electrons. The van der Waals surface area contributed by atoms with Gasteiger partial charge in [0.25, 0.3) is 0 Å². The predicted molar refractivity (Wildman–Crippen MR) is 82.7 cm³/mol. The fourth-order valence-corrected chi connectivity index (χ4v) is 4.67. The van der Waals surface area contributed by atoms with Crippen molar-refractivity contribution >= 4 is 16.0 Å². The molecule has 0 amide bonds. The maximum absolute atomic E-state index is 12.3. The maximum atomic E-state index is 12.3. The molecule has 1 aromatic rings. The first kappa shape index (κ1) is 16.2. The molecular weight excluding hydrogens is 320 g/mol. The summed E-state index contributed by atoms with van der Waals surface area (Å²) < 4.78 is 31.7. The van der Waals surface area contributed by atoms with E-state index in [1.165, 1.54) is 4.31 Å². The highest BCUT2D eigenvalue weighted by Crippen LogP contribution is 2.36. The minimum atomic E-state index is -3.27. The zero-order chi connectivity index (χ0) is 16.7. The van der Waals surface area contributed by atoms with Crippen molar-refractivity contribution in [3.63, 3.8) is 0 Å². The van der Waals surface area contributed by atoms with E-state index in [9.17, 15) is 18.3 Å². The van der Waals surface area contributed by atoms with E-state index in [-0.39, 0.29) is 31.2 Å². The Morgan fingerprint density at radius 3 is 2.57 bits per heavy atom. The number of carboxylic acids is 1. The summed E-state index contributed by atoms with van der Waals surface area (Å²) in [7, 11) is -3.27. The fourth-order valence-electron chi connectivity index (χ4n) is 2.83. The lowest BCUT2D eigenvalue weighted by Gasteiger charge is -2.38. The Labute approximate surface area is 135 Å². The SMILES string of the molecule is Cc1ncccc1OC1(C(=O)O)CCN(S(=O)(=O)C2CC2)CC1. The van der Waals surface area contributed by atoms with Crippen LogP contribution in [0.15, 0.2) is 18.3 Å². The lowest BCUT2D eigenvalue weighted by molar-refractivity contribution is -0.158. The molecule has 23 heavy (non-hydrogen) atoms. The van der Waals surface area contributed by atoms with Crippen LogP contribution in [0.5, 0.6) is 5.75 Å². The number of carboxylic acid groups (broad SMARTS) is 1. The minimum Gasteiger partial charge on any atom is -0.478 e. The van der Waals surface area contributed by atoms with Crippen molar-refractivity contribution in [2.45, 2.75) is 43.5 Å². The molecule has 2 fully saturated rings. The Bertz CT molecular complexity index is 706. The van der Waals surface area contributed by atoms with Gasteiger partial charge >= 0.3 is 5.97 Å². The van der Waals surface area contributed by atoms with Crippen molar-refractivity contribution < 1.29 is 23.1 Å². The van der Waals surface area contributed by atoms with Gasteiger partial charge in [0, 0.05) is 32.1 Å². The van der Waals surface area contributed by atoms with Crippen LogP contribution < -0.4 is 4.74 Å². The zero-order valence-electron chi connectivity index (χ0n) is 12.9. The molecule has 7 nitrogen and oxygen atoms in total. The largest absolute Gasteiger partial charge is 0.478 e. The third-order valence-electron chi connectivity index (χ3n) is 4.49. The van der Waals surface area contributed by atoms with Crippen molar-refractivity contribution in [2.24, 2.45) is 0 Å². The predicted octanol–water partition coefficient (Wildman–Crippen LogP) is 1.18. The number of aliphatic carboxylic acids is 1. The van der Waals surface area contributed by atoms with Gasteiger partial charge in [0.05, 0.1) is 10.9 Å². The van der Waals surface area contributed by atoms with Crippen LogP contribution in [0.2, 0.25) is 0 Å². The van der Waals surface area contributed by atoms with Crippen LogP contribution in [-0.4, -0.2) is 52.7 Å². The summed E-state index contributed by atoms with van der Waals surface area (Å²) in [6, 6.07) is 3.37. The van der Waals surface area contributed by atoms with E-state index in [0.29, 0.717) is 24.3 Å². The van der Waals surface area contributed by atoms with Crippen LogP contribution in [0.4, 0.5) is 0 Å². The molecule has 1 aliphatic heterocycles. The summed E-state index contributed by atoms with van der Waals surface area (Å²) in [4.78, 5) is 15.9. The van der Waals surface area contributed by atoms with Gasteiger partial charge in [-0.3, -0.25) is 4.98 Å². The average Bonchev–Trinajstić information content (AvgIpc) is 3.35. The molecule has 126 valence electrons. The van der Waals surface area contributed by atoms with Crippen molar-refractivity contribution in [2.75, 3.05) is 13.1 Å². The van der Waals surface area contributed by atoms with E-state index in [2.05, 4.69) is 4.98 Å². The third-order valence-corrected chi connectivity index (χ3v) is 6.89. The fraction of sp³-hybridized carbons (Fsp3) is 0.600. The van der Waals surface area contributed by atoms with Gasteiger partial charge in [-0.2, -0.15) is 0 Å². The standard InChI is InChI=1S/C15H20N2O5S/c1-11-13(3-2-8-16-11)22-15(14(18)19)6-9-17(10-7-15)23(20,21)12-4-5-12/h2-3,8,12H,4-7,9-10H2,1H3,(H,18,19). The van der Waals surface area contributed by atoms with Gasteiger partial charge in [-0.1, -0.05) is 0 Å². The molecule has 3 rings (SSSR count). The molecule has 0 unspecified atom stereocenters. The smallest absolute Gasteiger partial charge is 0.348 e. The molecule has 1 aromatic heterocycles. The van der Waals surface area contributed by atoms with E-state index < -0.39 is 21.6 Å². The Morgan fingerprint density at radius 1 is 1.39 bits per heavy atom. The van der Waals surface area contributed by atoms with Gasteiger partial charge < -0.3 is 9.84 Å². The van der Waals surface area contributed by atoms with Crippen LogP contribution in [0.1, 0.15) is 31.4 Å². The Balaban J connectivity index is 1.77. The quantitative estimate of drug-likeness (QED) is 0.864. The van der Waals surface area contributed by atoms with E-state index in [1.807, 2.05) is 0 Å². The summed E-state index contributed by atoms with van der Waals surface area (Å²) in [5.74, 6) is -0.641. The number of aromatic nitrogens is 1. The molecule has 1 N–H and O–H groups in total. The molecule has 0 aromatic carbocycles. The second-order valence-electron chi connectivity index (χ2n) is 6.13. The Kier molecular flexibility index (Phi) is 4.05. The first-order chi connectivity index (χ1) is 10.8. The van der Waals surface area contributed by atoms with Gasteiger partial charge in [-0.25, -0.2) is 17.5 Å². The molecule has 0 bridgehead atoms. The molecule has 1 saturated carbocycles. The number of carbonyl (C=O) groups is 1. The van der Waals surface area contributed by atoms with Crippen LogP contribution >= 0.6 is 0 Å². The first-order valence-corrected chi connectivity index (χ1v) is 9.18. The minimum absolute atomic E-state index is 0.128. The topological polar surface area (TPSA) is 96.8 Å². The highest BCUT2D eigenvalue weighted by molar-refractivity contribution is 7.90. The summed E-state index contributed by atoms with van der Waals surface area (Å²) in [6.07, 6.45) is 3.27. The van der Waals surface area contributed by atoms with Gasteiger partial charge in [0.2, 0.25) is 15.6 Å². The number of nitrogens with zero attached hydrogens (tertiary/aromatic N) is 2. The van der Waals surface area contributed by atoms with Crippen molar-refractivity contribution in [1.29, 1.82) is 0 Å². The van der Waals surface area contributed by atoms with Gasteiger partial charge in [0.1, 0.15) is 5.75 Å². The van der Waals surface area contributed by atoms with Crippen LogP contribution in [0.3, 0.4) is 0 Å². The molecule has 2 aliphatic rings. The van der Waals surface area contributed by atoms with Crippen LogP contribution in [0, 0.1) is 6.92 Å². The normalized spacial score (nSPS) is 21.8. The second-order valence-corrected chi connectivity index (χ2v) is 8.34. The number of aryl methyl sites for hydroxylation is 1. The van der Waals surface area contributed by atoms with Crippen molar-refractivity contribution in [3.05, 3.63) is 24.0 Å². The molecular formula is C15H20N2O5S. The summed E-state index contributed by atoms with van der Waals surface area (Å²) in [5, 5.41) is 9.36. The number of rotatable bonds is 5. The van der Waals surface area contributed by atoms with Crippen LogP contribution in [-0.2, 0) is 14.8 Å². The summed E-state index contributed by atoms with van der Waals surface area (Å²) in [5.41, 5.74) is -0.787. The molecule has 1 aliphatic carbocycles. The van der Waals surface area contributed by atoms with E-state index in [4.69, 9.17) is 4.74 Å². The van der Waals surface area contributed by atoms with Crippen LogP contribution in [0.25, 0.3) is 0 Å². The lowest BCUT2D eigenvalue weighted by Crippen LogP contribution is -2.54. The number of piperidine rings is 1. The third kappa shape index (κ3) is 3.05. The Hall–Kier alpha value is -1.67. The lowest BCUT2D eigenvalue weighted by atomic mass is 9.92. The van der Waals surface area contributed by atoms with E-state index in [1.54, 1.807) is 25.3 Å². The highest BCUT2D eigenvalue weighted by atomic mass is 32.2. The van der Waals surface area contributed by atoms with Crippen molar-refractivity contribution in [3.8, 4) is 5.75 Å². The van der Waals surface area contributed by atoms with E-state index >= 15 is 0 Å². The highest BCUT2D eigenvalue weighted by Gasteiger charge is 2.49. The first-order valence-electron chi connectivity index (χ1n) is 7.68. The molecule has 0 atom stereocenters. The molecule has 8 heteroatoms. The average molecular weight is 340 g/mol. The molecule has 1 saturated heterocycles. The van der Waals surface area contributed by atoms with Crippen molar-refractivity contribution in [1.82, 2.24) is 9.29 Å². The summed E-state index contributed by atoms with van der Waals surface area (Å²) >= 11 is 0. The zero-order valence-corrected chi connectivity index (χ0v) is 13.8. The molecule has 2 heterocycles. The number of hydrogen-bond acceptors (Lipinski definition) is 5. The number of pyridine rings is 1. The van der Waals surface area contributed by atoms with E-state index in [0.717, 1.165) is 0 Å². The number of ether oxygens (including phenoxy) is 1. The summed E-state index contributed by atoms with van der Waals surface area (Å²) in [6.45, 7) is 2.09. The monoisotopic (exact) mass is 340 g/mol. The van der Waals surface area contributed by atoms with Gasteiger partial charge in [-0.05, 0) is 31.9 Å². The maximum Gasteiger partial charge on any atom is 0.348 e. The number of hydrogen-bond donors (Lipinski definition) is 1.